The summed E-state index contributed by atoms with van der Waals surface area (Å²) in [6.07, 6.45) is 8.65. The highest BCUT2D eigenvalue weighted by molar-refractivity contribution is 5.79. The lowest BCUT2D eigenvalue weighted by Gasteiger charge is -2.35. The zero-order chi connectivity index (χ0) is 13.3. The van der Waals surface area contributed by atoms with Gasteiger partial charge in [-0.1, -0.05) is 24.4 Å². The van der Waals surface area contributed by atoms with Crippen LogP contribution in [-0.4, -0.2) is 35.8 Å². The van der Waals surface area contributed by atoms with Crippen molar-refractivity contribution in [2.75, 3.05) is 19.7 Å². The second kappa shape index (κ2) is 8.32. The van der Waals surface area contributed by atoms with Gasteiger partial charge in [-0.05, 0) is 32.2 Å². The molecule has 5 nitrogen and oxygen atoms in total. The number of unbranched alkanes of at least 4 members (excludes halogenated alkanes) is 1. The van der Waals surface area contributed by atoms with Gasteiger partial charge in [-0.15, -0.1) is 0 Å². The van der Waals surface area contributed by atoms with Gasteiger partial charge in [0.15, 0.2) is 0 Å². The van der Waals surface area contributed by atoms with Gasteiger partial charge >= 0.3 is 0 Å². The molecular weight excluding hydrogens is 230 g/mol. The predicted molar refractivity (Wildman–Crippen MR) is 72.7 cm³/mol. The lowest BCUT2D eigenvalue weighted by molar-refractivity contribution is 0.0814. The van der Waals surface area contributed by atoms with E-state index in [4.69, 9.17) is 10.9 Å². The summed E-state index contributed by atoms with van der Waals surface area (Å²) in [6.45, 7) is 2.14. The number of nitrogens with one attached hydrogen (secondary N) is 1. The van der Waals surface area contributed by atoms with Crippen LogP contribution in [0.15, 0.2) is 5.16 Å². The highest BCUT2D eigenvalue weighted by atomic mass is 16.4. The van der Waals surface area contributed by atoms with E-state index >= 15 is 0 Å². The average Bonchev–Trinajstić information content (AvgIpc) is 2.43. The molecule has 0 heterocycles. The van der Waals surface area contributed by atoms with Crippen LogP contribution < -0.4 is 11.1 Å². The molecule has 0 unspecified atom stereocenters. The van der Waals surface area contributed by atoms with Crippen molar-refractivity contribution in [1.82, 2.24) is 5.32 Å². The smallest absolute Gasteiger partial charge is 0.139 e. The zero-order valence-corrected chi connectivity index (χ0v) is 11.2. The van der Waals surface area contributed by atoms with Gasteiger partial charge in [-0.3, -0.25) is 0 Å². The Hall–Kier alpha value is -0.810. The van der Waals surface area contributed by atoms with Crippen molar-refractivity contribution < 1.29 is 10.3 Å². The zero-order valence-electron chi connectivity index (χ0n) is 11.2. The molecule has 1 saturated carbocycles. The molecule has 0 saturated heterocycles. The summed E-state index contributed by atoms with van der Waals surface area (Å²) < 4.78 is 0. The van der Waals surface area contributed by atoms with Crippen LogP contribution in [0.1, 0.15) is 51.4 Å². The first-order valence-electron chi connectivity index (χ1n) is 7.00. The molecule has 0 aromatic heterocycles. The molecule has 0 bridgehead atoms. The fraction of sp³-hybridized carbons (Fsp3) is 0.923. The number of nitrogens with two attached hydrogens (primary N) is 1. The molecule has 1 rings (SSSR count). The first-order valence-corrected chi connectivity index (χ1v) is 7.00. The molecule has 1 fully saturated rings. The molecule has 1 aliphatic carbocycles. The summed E-state index contributed by atoms with van der Waals surface area (Å²) in [7, 11) is 0. The Kier molecular flexibility index (Phi) is 7.05. The van der Waals surface area contributed by atoms with Crippen LogP contribution in [0.5, 0.6) is 0 Å². The van der Waals surface area contributed by atoms with Crippen molar-refractivity contribution in [1.29, 1.82) is 0 Å². The number of hydrogen-bond donors (Lipinski definition) is 4. The molecular formula is C13H27N3O2. The number of aliphatic hydroxyl groups is 1. The Balaban J connectivity index is 2.08. The summed E-state index contributed by atoms with van der Waals surface area (Å²) in [6, 6.07) is 0. The number of nitrogens with zero attached hydrogens (tertiary/aromatic N) is 1. The molecule has 0 spiro atoms. The molecule has 0 aliphatic heterocycles. The van der Waals surface area contributed by atoms with Gasteiger partial charge in [0.05, 0.1) is 0 Å². The van der Waals surface area contributed by atoms with E-state index in [-0.39, 0.29) is 5.41 Å². The van der Waals surface area contributed by atoms with Crippen LogP contribution in [0.25, 0.3) is 0 Å². The lowest BCUT2D eigenvalue weighted by atomic mass is 9.74. The van der Waals surface area contributed by atoms with E-state index in [0.29, 0.717) is 18.9 Å². The minimum absolute atomic E-state index is 0.115. The Morgan fingerprint density at radius 1 is 1.22 bits per heavy atom. The van der Waals surface area contributed by atoms with Crippen LogP contribution in [0.4, 0.5) is 0 Å². The van der Waals surface area contributed by atoms with Gasteiger partial charge in [0.2, 0.25) is 0 Å². The third kappa shape index (κ3) is 5.23. The van der Waals surface area contributed by atoms with Gasteiger partial charge < -0.3 is 21.4 Å². The van der Waals surface area contributed by atoms with E-state index in [9.17, 15) is 5.11 Å². The Bertz CT molecular complexity index is 251. The van der Waals surface area contributed by atoms with E-state index in [1.54, 1.807) is 0 Å². The summed E-state index contributed by atoms with van der Waals surface area (Å²) in [5.74, 6) is 0.300. The third-order valence-electron chi connectivity index (χ3n) is 3.91. The van der Waals surface area contributed by atoms with Gasteiger partial charge in [0.1, 0.15) is 5.84 Å². The maximum Gasteiger partial charge on any atom is 0.139 e. The molecule has 106 valence electrons. The first-order chi connectivity index (χ1) is 8.72. The van der Waals surface area contributed by atoms with Crippen molar-refractivity contribution in [2.24, 2.45) is 16.3 Å². The molecule has 5 heteroatoms. The van der Waals surface area contributed by atoms with Crippen molar-refractivity contribution in [2.45, 2.75) is 51.4 Å². The topological polar surface area (TPSA) is 90.9 Å². The first kappa shape index (κ1) is 15.2. The maximum atomic E-state index is 9.55. The molecule has 0 atom stereocenters. The third-order valence-corrected chi connectivity index (χ3v) is 3.91. The van der Waals surface area contributed by atoms with Crippen LogP contribution in [0, 0.1) is 5.41 Å². The van der Waals surface area contributed by atoms with E-state index in [1.165, 1.54) is 19.3 Å². The predicted octanol–water partition coefficient (Wildman–Crippen LogP) is 1.44. The van der Waals surface area contributed by atoms with Crippen molar-refractivity contribution in [3.63, 3.8) is 0 Å². The van der Waals surface area contributed by atoms with E-state index < -0.39 is 0 Å². The highest BCUT2D eigenvalue weighted by Gasteiger charge is 2.30. The minimum Gasteiger partial charge on any atom is -0.409 e. The van der Waals surface area contributed by atoms with Crippen LogP contribution in [0.2, 0.25) is 0 Å². The van der Waals surface area contributed by atoms with Crippen LogP contribution in [-0.2, 0) is 0 Å². The van der Waals surface area contributed by atoms with Crippen molar-refractivity contribution >= 4 is 5.84 Å². The summed E-state index contributed by atoms with van der Waals surface area (Å²) in [4.78, 5) is 0. The number of oxime groups is 1. The van der Waals surface area contributed by atoms with E-state index in [0.717, 1.165) is 38.8 Å². The number of amidine groups is 1. The molecule has 18 heavy (non-hydrogen) atoms. The van der Waals surface area contributed by atoms with Gasteiger partial charge in [-0.25, -0.2) is 0 Å². The largest absolute Gasteiger partial charge is 0.409 e. The molecule has 0 radical (unpaired) electrons. The monoisotopic (exact) mass is 257 g/mol. The van der Waals surface area contributed by atoms with Gasteiger partial charge in [0, 0.05) is 25.0 Å². The number of rotatable bonds is 8. The molecule has 0 aromatic rings. The lowest BCUT2D eigenvalue weighted by Crippen LogP contribution is -2.39. The second-order valence-electron chi connectivity index (χ2n) is 5.44. The Morgan fingerprint density at radius 2 is 1.94 bits per heavy atom. The van der Waals surface area contributed by atoms with E-state index in [1.807, 2.05) is 0 Å². The van der Waals surface area contributed by atoms with Crippen molar-refractivity contribution in [3.05, 3.63) is 0 Å². The van der Waals surface area contributed by atoms with Crippen LogP contribution >= 0.6 is 0 Å². The molecule has 5 N–H and O–H groups in total. The molecule has 0 amide bonds. The fourth-order valence-electron chi connectivity index (χ4n) is 2.65. The summed E-state index contributed by atoms with van der Waals surface area (Å²) in [5, 5.41) is 24.3. The quantitative estimate of drug-likeness (QED) is 0.174. The molecule has 1 aliphatic rings. The molecule has 0 aromatic carbocycles. The fourth-order valence-corrected chi connectivity index (χ4v) is 2.65. The van der Waals surface area contributed by atoms with Gasteiger partial charge in [0.25, 0.3) is 0 Å². The van der Waals surface area contributed by atoms with Crippen LogP contribution in [0.3, 0.4) is 0 Å². The Morgan fingerprint density at radius 3 is 2.56 bits per heavy atom. The Labute approximate surface area is 109 Å². The SMILES string of the molecule is NC(CCCCNCC1(CO)CCCCC1)=NO. The maximum absolute atomic E-state index is 9.55. The second-order valence-corrected chi connectivity index (χ2v) is 5.44. The average molecular weight is 257 g/mol. The summed E-state index contributed by atoms with van der Waals surface area (Å²) >= 11 is 0. The van der Waals surface area contributed by atoms with Gasteiger partial charge in [-0.2, -0.15) is 0 Å². The number of aliphatic hydroxyl groups excluding tert-OH is 1. The normalized spacial score (nSPS) is 19.9. The standard InChI is InChI=1S/C13H27N3O2/c14-12(16-18)6-2-5-9-15-10-13(11-17)7-3-1-4-8-13/h15,17-18H,1-11H2,(H2,14,16). The number of hydrogen-bond acceptors (Lipinski definition) is 4. The van der Waals surface area contributed by atoms with Crippen molar-refractivity contribution in [3.8, 4) is 0 Å². The highest BCUT2D eigenvalue weighted by Crippen LogP contribution is 2.35. The van der Waals surface area contributed by atoms with E-state index in [2.05, 4.69) is 10.5 Å². The summed E-state index contributed by atoms with van der Waals surface area (Å²) in [5.41, 5.74) is 5.51. The minimum atomic E-state index is 0.115.